The van der Waals surface area contributed by atoms with Crippen LogP contribution in [0, 0.1) is 0 Å². The van der Waals surface area contributed by atoms with E-state index in [1.54, 1.807) is 6.20 Å². The molecule has 0 bridgehead atoms. The van der Waals surface area contributed by atoms with Crippen molar-refractivity contribution in [1.29, 1.82) is 0 Å². The Balaban J connectivity index is 1.53. The first kappa shape index (κ1) is 19.7. The number of pyridine rings is 1. The minimum absolute atomic E-state index is 0.114. The Morgan fingerprint density at radius 3 is 2.83 bits per heavy atom. The third-order valence-corrected chi connectivity index (χ3v) is 5.88. The number of ether oxygens (including phenoxy) is 1. The molecule has 1 aromatic heterocycles. The molecule has 2 fully saturated rings. The molecule has 2 saturated heterocycles. The Kier molecular flexibility index (Phi) is 6.30. The Morgan fingerprint density at radius 1 is 1.17 bits per heavy atom. The first-order chi connectivity index (χ1) is 14.3. The number of anilines is 3. The first-order valence-corrected chi connectivity index (χ1v) is 10.7. The van der Waals surface area contributed by atoms with Gasteiger partial charge in [0.15, 0.2) is 0 Å². The van der Waals surface area contributed by atoms with Crippen molar-refractivity contribution in [3.63, 3.8) is 0 Å². The molecule has 2 aromatic rings. The quantitative estimate of drug-likeness (QED) is 0.829. The minimum Gasteiger partial charge on any atom is -0.378 e. The number of nitrogens with one attached hydrogen (secondary N) is 1. The van der Waals surface area contributed by atoms with E-state index in [4.69, 9.17) is 4.74 Å². The van der Waals surface area contributed by atoms with Crippen LogP contribution in [0.2, 0.25) is 0 Å². The van der Waals surface area contributed by atoms with E-state index in [0.29, 0.717) is 17.4 Å². The van der Waals surface area contributed by atoms with E-state index in [1.807, 2.05) is 29.2 Å². The molecule has 1 aromatic carbocycles. The van der Waals surface area contributed by atoms with Gasteiger partial charge in [0.1, 0.15) is 5.82 Å². The number of carbonyl (C=O) groups is 1. The summed E-state index contributed by atoms with van der Waals surface area (Å²) >= 11 is 0. The summed E-state index contributed by atoms with van der Waals surface area (Å²) in [4.78, 5) is 22.0. The first-order valence-electron chi connectivity index (χ1n) is 10.7. The van der Waals surface area contributed by atoms with Crippen LogP contribution in [0.5, 0.6) is 0 Å². The van der Waals surface area contributed by atoms with Crippen LogP contribution in [0.25, 0.3) is 0 Å². The Bertz CT molecular complexity index is 835. The summed E-state index contributed by atoms with van der Waals surface area (Å²) in [6.07, 6.45) is 6.13. The van der Waals surface area contributed by atoms with E-state index >= 15 is 0 Å². The van der Waals surface area contributed by atoms with E-state index in [0.717, 1.165) is 63.5 Å². The summed E-state index contributed by atoms with van der Waals surface area (Å²) in [6.45, 7) is 6.24. The van der Waals surface area contributed by atoms with Crippen molar-refractivity contribution >= 4 is 23.1 Å². The van der Waals surface area contributed by atoms with Crippen LogP contribution in [0.3, 0.4) is 0 Å². The van der Waals surface area contributed by atoms with Gasteiger partial charge < -0.3 is 19.9 Å². The molecular weight excluding hydrogens is 364 g/mol. The van der Waals surface area contributed by atoms with E-state index < -0.39 is 0 Å². The normalized spacial score (nSPS) is 19.8. The molecular formula is C23H30N4O2. The van der Waals surface area contributed by atoms with Crippen LogP contribution >= 0.6 is 0 Å². The molecule has 2 aliphatic heterocycles. The van der Waals surface area contributed by atoms with Crippen LogP contribution < -0.4 is 10.2 Å². The topological polar surface area (TPSA) is 57.7 Å². The van der Waals surface area contributed by atoms with Crippen molar-refractivity contribution in [3.05, 3.63) is 48.2 Å². The Morgan fingerprint density at radius 2 is 2.00 bits per heavy atom. The number of rotatable bonds is 5. The molecule has 1 atom stereocenters. The lowest BCUT2D eigenvalue weighted by molar-refractivity contribution is 0.0608. The predicted octanol–water partition coefficient (Wildman–Crippen LogP) is 4.07. The number of nitrogens with zero attached hydrogens (tertiary/aromatic N) is 3. The fraction of sp³-hybridized carbons (Fsp3) is 0.478. The van der Waals surface area contributed by atoms with Crippen molar-refractivity contribution < 1.29 is 9.53 Å². The van der Waals surface area contributed by atoms with Crippen LogP contribution in [-0.4, -0.2) is 54.7 Å². The maximum atomic E-state index is 13.1. The van der Waals surface area contributed by atoms with Gasteiger partial charge in [-0.05, 0) is 49.9 Å². The lowest BCUT2D eigenvalue weighted by Gasteiger charge is -2.35. The van der Waals surface area contributed by atoms with Crippen molar-refractivity contribution in [3.8, 4) is 0 Å². The van der Waals surface area contributed by atoms with Gasteiger partial charge in [0.2, 0.25) is 0 Å². The van der Waals surface area contributed by atoms with E-state index in [-0.39, 0.29) is 5.91 Å². The third-order valence-electron chi connectivity index (χ3n) is 5.88. The van der Waals surface area contributed by atoms with Gasteiger partial charge in [0.25, 0.3) is 5.91 Å². The summed E-state index contributed by atoms with van der Waals surface area (Å²) in [5.74, 6) is 0.810. The van der Waals surface area contributed by atoms with Gasteiger partial charge in [0.05, 0.1) is 24.6 Å². The number of carbonyl (C=O) groups excluding carboxylic acids is 1. The molecule has 0 aliphatic carbocycles. The van der Waals surface area contributed by atoms with Crippen LogP contribution in [0.15, 0.2) is 42.6 Å². The van der Waals surface area contributed by atoms with Crippen LogP contribution in [0.4, 0.5) is 17.2 Å². The number of hydrogen-bond donors (Lipinski definition) is 1. The summed E-state index contributed by atoms with van der Waals surface area (Å²) in [6, 6.07) is 12.3. The number of morpholine rings is 1. The molecule has 29 heavy (non-hydrogen) atoms. The SMILES string of the molecule is CCC1CCCCN1C(=O)c1ccnc(Nc2ccccc2N2CCOCC2)c1. The van der Waals surface area contributed by atoms with E-state index in [9.17, 15) is 4.79 Å². The second-order valence-electron chi connectivity index (χ2n) is 7.73. The highest BCUT2D eigenvalue weighted by atomic mass is 16.5. The molecule has 1 unspecified atom stereocenters. The fourth-order valence-electron chi connectivity index (χ4n) is 4.29. The van der Waals surface area contributed by atoms with Gasteiger partial charge in [-0.1, -0.05) is 19.1 Å². The lowest BCUT2D eigenvalue weighted by atomic mass is 9.99. The second-order valence-corrected chi connectivity index (χ2v) is 7.73. The molecule has 6 nitrogen and oxygen atoms in total. The largest absolute Gasteiger partial charge is 0.378 e. The zero-order valence-corrected chi connectivity index (χ0v) is 17.1. The summed E-state index contributed by atoms with van der Waals surface area (Å²) in [5, 5.41) is 3.43. The molecule has 0 spiro atoms. The maximum Gasteiger partial charge on any atom is 0.254 e. The number of piperidine rings is 1. The number of hydrogen-bond acceptors (Lipinski definition) is 5. The van der Waals surface area contributed by atoms with Crippen molar-refractivity contribution in [2.75, 3.05) is 43.1 Å². The lowest BCUT2D eigenvalue weighted by Crippen LogP contribution is -2.43. The zero-order valence-electron chi connectivity index (χ0n) is 17.1. The molecule has 2 aliphatic rings. The highest BCUT2D eigenvalue weighted by Gasteiger charge is 2.26. The summed E-state index contributed by atoms with van der Waals surface area (Å²) in [7, 11) is 0. The third kappa shape index (κ3) is 4.53. The number of amides is 1. The molecule has 1 N–H and O–H groups in total. The van der Waals surface area contributed by atoms with E-state index in [1.165, 1.54) is 6.42 Å². The van der Waals surface area contributed by atoms with Gasteiger partial charge in [-0.25, -0.2) is 4.98 Å². The predicted molar refractivity (Wildman–Crippen MR) is 116 cm³/mol. The number of benzene rings is 1. The van der Waals surface area contributed by atoms with Crippen molar-refractivity contribution in [2.45, 2.75) is 38.6 Å². The van der Waals surface area contributed by atoms with Gasteiger partial charge in [-0.2, -0.15) is 0 Å². The molecule has 3 heterocycles. The number of likely N-dealkylation sites (tertiary alicyclic amines) is 1. The second kappa shape index (κ2) is 9.27. The van der Waals surface area contributed by atoms with Gasteiger partial charge >= 0.3 is 0 Å². The minimum atomic E-state index is 0.114. The molecule has 6 heteroatoms. The maximum absolute atomic E-state index is 13.1. The van der Waals surface area contributed by atoms with Crippen molar-refractivity contribution in [2.24, 2.45) is 0 Å². The molecule has 4 rings (SSSR count). The number of para-hydroxylation sites is 2. The highest BCUT2D eigenvalue weighted by Crippen LogP contribution is 2.29. The Hall–Kier alpha value is -2.60. The standard InChI is InChI=1S/C23H30N4O2/c1-2-19-7-5-6-12-27(19)23(28)18-10-11-24-22(17-18)25-20-8-3-4-9-21(20)26-13-15-29-16-14-26/h3-4,8-11,17,19H,2,5-7,12-16H2,1H3,(H,24,25). The average molecular weight is 395 g/mol. The van der Waals surface area contributed by atoms with Crippen molar-refractivity contribution in [1.82, 2.24) is 9.88 Å². The van der Waals surface area contributed by atoms with Gasteiger partial charge in [-0.15, -0.1) is 0 Å². The van der Waals surface area contributed by atoms with Crippen LogP contribution in [0.1, 0.15) is 43.0 Å². The monoisotopic (exact) mass is 394 g/mol. The molecule has 154 valence electrons. The smallest absolute Gasteiger partial charge is 0.254 e. The van der Waals surface area contributed by atoms with Crippen LogP contribution in [-0.2, 0) is 4.74 Å². The molecule has 1 amide bonds. The van der Waals surface area contributed by atoms with Gasteiger partial charge in [-0.3, -0.25) is 4.79 Å². The molecule has 0 radical (unpaired) electrons. The van der Waals surface area contributed by atoms with E-state index in [2.05, 4.69) is 34.3 Å². The summed E-state index contributed by atoms with van der Waals surface area (Å²) < 4.78 is 5.48. The Labute approximate surface area is 172 Å². The number of aromatic nitrogens is 1. The zero-order chi connectivity index (χ0) is 20.1. The summed E-state index contributed by atoms with van der Waals surface area (Å²) in [5.41, 5.74) is 2.83. The highest BCUT2D eigenvalue weighted by molar-refractivity contribution is 5.95. The molecule has 0 saturated carbocycles. The van der Waals surface area contributed by atoms with Gasteiger partial charge in [0, 0.05) is 37.4 Å². The fourth-order valence-corrected chi connectivity index (χ4v) is 4.29. The average Bonchev–Trinajstić information content (AvgIpc) is 2.79.